The summed E-state index contributed by atoms with van der Waals surface area (Å²) in [6.07, 6.45) is -1.04. The molecule has 0 aliphatic carbocycles. The third-order valence-electron chi connectivity index (χ3n) is 5.54. The highest BCUT2D eigenvalue weighted by Gasteiger charge is 2.44. The standard InChI is InChI=1S/C26H25NO5/c1-16(28)17-13-14-22-20(15-17)23(24(29)26(2,3)32-22)27-25(30)19-11-7-8-12-21(19)31-18-9-5-4-6-10-18/h4-15,23-24,29H,1-3H3,(H,27,30)/t23-,24+/m0/s1. The predicted molar refractivity (Wildman–Crippen MR) is 120 cm³/mol. The molecular weight excluding hydrogens is 406 g/mol. The van der Waals surface area contributed by atoms with Crippen LogP contribution in [-0.2, 0) is 0 Å². The van der Waals surface area contributed by atoms with Gasteiger partial charge in [-0.1, -0.05) is 30.3 Å². The highest BCUT2D eigenvalue weighted by atomic mass is 16.5. The molecule has 1 aliphatic heterocycles. The van der Waals surface area contributed by atoms with Crippen LogP contribution in [0, 0.1) is 0 Å². The van der Waals surface area contributed by atoms with Crippen molar-refractivity contribution >= 4 is 11.7 Å². The summed E-state index contributed by atoms with van der Waals surface area (Å²) in [6.45, 7) is 4.98. The van der Waals surface area contributed by atoms with E-state index in [4.69, 9.17) is 9.47 Å². The molecule has 0 saturated carbocycles. The number of ether oxygens (including phenoxy) is 2. The van der Waals surface area contributed by atoms with Crippen molar-refractivity contribution in [3.05, 3.63) is 89.5 Å². The molecule has 2 N–H and O–H groups in total. The van der Waals surface area contributed by atoms with Crippen LogP contribution in [0.2, 0.25) is 0 Å². The second kappa shape index (κ2) is 8.48. The van der Waals surface area contributed by atoms with Gasteiger partial charge in [0.05, 0.1) is 11.6 Å². The van der Waals surface area contributed by atoms with E-state index in [9.17, 15) is 14.7 Å². The summed E-state index contributed by atoms with van der Waals surface area (Å²) in [6, 6.07) is 20.4. The van der Waals surface area contributed by atoms with E-state index in [1.807, 2.05) is 18.2 Å². The van der Waals surface area contributed by atoms with Crippen LogP contribution in [-0.4, -0.2) is 28.5 Å². The molecule has 0 bridgehead atoms. The number of ketones is 1. The Morgan fingerprint density at radius 3 is 2.41 bits per heavy atom. The maximum Gasteiger partial charge on any atom is 0.255 e. The van der Waals surface area contributed by atoms with E-state index < -0.39 is 23.7 Å². The Bertz CT molecular complexity index is 1160. The molecule has 0 unspecified atom stereocenters. The fourth-order valence-corrected chi connectivity index (χ4v) is 3.75. The normalized spacial score (nSPS) is 18.8. The molecule has 0 saturated heterocycles. The first-order chi connectivity index (χ1) is 15.3. The number of fused-ring (bicyclic) bond motifs is 1. The predicted octanol–water partition coefficient (Wildman–Crippen LogP) is 4.68. The van der Waals surface area contributed by atoms with Crippen LogP contribution in [0.15, 0.2) is 72.8 Å². The lowest BCUT2D eigenvalue weighted by Gasteiger charge is -2.42. The van der Waals surface area contributed by atoms with Crippen LogP contribution in [0.1, 0.15) is 53.1 Å². The van der Waals surface area contributed by atoms with E-state index in [1.54, 1.807) is 68.4 Å². The third-order valence-corrected chi connectivity index (χ3v) is 5.54. The molecule has 6 nitrogen and oxygen atoms in total. The van der Waals surface area contributed by atoms with Crippen molar-refractivity contribution in [3.63, 3.8) is 0 Å². The SMILES string of the molecule is CC(=O)c1ccc2c(c1)[C@H](NC(=O)c1ccccc1Oc1ccccc1)[C@@H](O)C(C)(C)O2. The quantitative estimate of drug-likeness (QED) is 0.573. The van der Waals surface area contributed by atoms with Crippen molar-refractivity contribution in [2.75, 3.05) is 0 Å². The average Bonchev–Trinajstić information content (AvgIpc) is 2.77. The maximum atomic E-state index is 13.3. The zero-order valence-electron chi connectivity index (χ0n) is 18.2. The monoisotopic (exact) mass is 431 g/mol. The van der Waals surface area contributed by atoms with Crippen molar-refractivity contribution in [2.45, 2.75) is 38.5 Å². The van der Waals surface area contributed by atoms with Gasteiger partial charge in [0.2, 0.25) is 0 Å². The van der Waals surface area contributed by atoms with Crippen molar-refractivity contribution < 1.29 is 24.2 Å². The van der Waals surface area contributed by atoms with Crippen molar-refractivity contribution in [1.29, 1.82) is 0 Å². The fraction of sp³-hybridized carbons (Fsp3) is 0.231. The van der Waals surface area contributed by atoms with E-state index in [0.717, 1.165) is 0 Å². The number of hydrogen-bond donors (Lipinski definition) is 2. The van der Waals surface area contributed by atoms with Gasteiger partial charge in [-0.05, 0) is 63.2 Å². The molecule has 0 fully saturated rings. The minimum absolute atomic E-state index is 0.112. The molecule has 2 atom stereocenters. The van der Waals surface area contributed by atoms with E-state index in [1.165, 1.54) is 6.92 Å². The highest BCUT2D eigenvalue weighted by Crippen LogP contribution is 2.40. The zero-order valence-corrected chi connectivity index (χ0v) is 18.2. The number of hydrogen-bond acceptors (Lipinski definition) is 5. The Hall–Kier alpha value is -3.64. The lowest BCUT2D eigenvalue weighted by molar-refractivity contribution is -0.0627. The smallest absolute Gasteiger partial charge is 0.255 e. The van der Waals surface area contributed by atoms with Gasteiger partial charge in [0.15, 0.2) is 5.78 Å². The van der Waals surface area contributed by atoms with Gasteiger partial charge >= 0.3 is 0 Å². The number of rotatable bonds is 5. The number of carbonyl (C=O) groups is 2. The molecule has 3 aromatic rings. The first-order valence-corrected chi connectivity index (χ1v) is 10.4. The Kier molecular flexibility index (Phi) is 5.72. The Morgan fingerprint density at radius 1 is 1.00 bits per heavy atom. The molecule has 0 spiro atoms. The number of para-hydroxylation sites is 2. The van der Waals surface area contributed by atoms with E-state index >= 15 is 0 Å². The lowest BCUT2D eigenvalue weighted by atomic mass is 9.85. The molecule has 1 heterocycles. The van der Waals surface area contributed by atoms with Gasteiger partial charge in [-0.25, -0.2) is 0 Å². The molecule has 6 heteroatoms. The number of aliphatic hydroxyl groups is 1. The highest BCUT2D eigenvalue weighted by molar-refractivity contribution is 5.97. The minimum Gasteiger partial charge on any atom is -0.485 e. The third kappa shape index (κ3) is 4.22. The summed E-state index contributed by atoms with van der Waals surface area (Å²) in [7, 11) is 0. The van der Waals surface area contributed by atoms with Gasteiger partial charge in [-0.2, -0.15) is 0 Å². The zero-order chi connectivity index (χ0) is 22.9. The minimum atomic E-state index is -1.04. The number of nitrogens with one attached hydrogen (secondary N) is 1. The Labute approximate surface area is 186 Å². The molecule has 0 radical (unpaired) electrons. The number of carbonyl (C=O) groups excluding carboxylic acids is 2. The summed E-state index contributed by atoms with van der Waals surface area (Å²) in [5, 5.41) is 13.9. The van der Waals surface area contributed by atoms with Crippen LogP contribution >= 0.6 is 0 Å². The Morgan fingerprint density at radius 2 is 1.69 bits per heavy atom. The molecular formula is C26H25NO5. The number of amides is 1. The van der Waals surface area contributed by atoms with Crippen molar-refractivity contribution in [2.24, 2.45) is 0 Å². The van der Waals surface area contributed by atoms with Crippen LogP contribution in [0.4, 0.5) is 0 Å². The summed E-state index contributed by atoms with van der Waals surface area (Å²) in [5.41, 5.74) is 0.422. The Balaban J connectivity index is 1.68. The summed E-state index contributed by atoms with van der Waals surface area (Å²) < 4.78 is 11.9. The molecule has 1 amide bonds. The molecule has 164 valence electrons. The van der Waals surface area contributed by atoms with Crippen LogP contribution in [0.3, 0.4) is 0 Å². The van der Waals surface area contributed by atoms with Crippen molar-refractivity contribution in [1.82, 2.24) is 5.32 Å². The van der Waals surface area contributed by atoms with Gasteiger partial charge < -0.3 is 19.9 Å². The van der Waals surface area contributed by atoms with Gasteiger partial charge in [0.25, 0.3) is 5.91 Å². The van der Waals surface area contributed by atoms with Gasteiger partial charge in [-0.15, -0.1) is 0 Å². The molecule has 1 aliphatic rings. The summed E-state index contributed by atoms with van der Waals surface area (Å²) in [5.74, 6) is 1.01. The topological polar surface area (TPSA) is 84.9 Å². The molecule has 0 aromatic heterocycles. The van der Waals surface area contributed by atoms with Crippen LogP contribution in [0.25, 0.3) is 0 Å². The van der Waals surface area contributed by atoms with Crippen LogP contribution in [0.5, 0.6) is 17.2 Å². The van der Waals surface area contributed by atoms with Gasteiger partial charge in [0, 0.05) is 11.1 Å². The molecule has 3 aromatic carbocycles. The first-order valence-electron chi connectivity index (χ1n) is 10.4. The van der Waals surface area contributed by atoms with E-state index in [0.29, 0.717) is 33.9 Å². The number of Topliss-reactive ketones (excluding diaryl/α,β-unsaturated/α-hetero) is 1. The number of benzene rings is 3. The first kappa shape index (κ1) is 21.6. The average molecular weight is 431 g/mol. The second-order valence-electron chi connectivity index (χ2n) is 8.32. The number of aliphatic hydroxyl groups excluding tert-OH is 1. The molecule has 32 heavy (non-hydrogen) atoms. The molecule has 4 rings (SSSR count). The van der Waals surface area contributed by atoms with E-state index in [-0.39, 0.29) is 5.78 Å². The summed E-state index contributed by atoms with van der Waals surface area (Å²) in [4.78, 5) is 25.2. The van der Waals surface area contributed by atoms with Crippen molar-refractivity contribution in [3.8, 4) is 17.2 Å². The second-order valence-corrected chi connectivity index (χ2v) is 8.32. The van der Waals surface area contributed by atoms with Gasteiger partial charge in [0.1, 0.15) is 29.0 Å². The fourth-order valence-electron chi connectivity index (χ4n) is 3.75. The van der Waals surface area contributed by atoms with Crippen LogP contribution < -0.4 is 14.8 Å². The van der Waals surface area contributed by atoms with Gasteiger partial charge in [-0.3, -0.25) is 9.59 Å². The lowest BCUT2D eigenvalue weighted by Crippen LogP contribution is -2.53. The maximum absolute atomic E-state index is 13.3. The largest absolute Gasteiger partial charge is 0.485 e. The van der Waals surface area contributed by atoms with E-state index in [2.05, 4.69) is 5.32 Å². The summed E-state index contributed by atoms with van der Waals surface area (Å²) >= 11 is 0.